The van der Waals surface area contributed by atoms with Crippen LogP contribution in [0.5, 0.6) is 11.5 Å². The fourth-order valence-corrected chi connectivity index (χ4v) is 6.36. The molecule has 0 radical (unpaired) electrons. The molecule has 0 heterocycles. The molecule has 3 nitrogen and oxygen atoms in total. The predicted molar refractivity (Wildman–Crippen MR) is 179 cm³/mol. The molecule has 0 aliphatic heterocycles. The second-order valence-electron chi connectivity index (χ2n) is 12.6. The third kappa shape index (κ3) is 8.76. The van der Waals surface area contributed by atoms with Crippen molar-refractivity contribution in [3.05, 3.63) is 101 Å². The molecule has 0 saturated carbocycles. The molecule has 4 atom stereocenters. The average molecular weight is 578 g/mol. The van der Waals surface area contributed by atoms with Crippen LogP contribution in [0.4, 0.5) is 0 Å². The molecule has 0 saturated heterocycles. The molecular formula is C40H51NO2. The lowest BCUT2D eigenvalue weighted by Gasteiger charge is -2.31. The molecule has 228 valence electrons. The summed E-state index contributed by atoms with van der Waals surface area (Å²) in [5.41, 5.74) is 7.10. The number of nitriles is 1. The molecule has 0 fully saturated rings. The lowest BCUT2D eigenvalue weighted by molar-refractivity contribution is 0.286. The molecule has 4 rings (SSSR count). The number of benzene rings is 3. The Hall–Kier alpha value is -3.51. The smallest absolute Gasteiger partial charge is 0.131 e. The van der Waals surface area contributed by atoms with Crippen molar-refractivity contribution in [2.24, 2.45) is 17.8 Å². The van der Waals surface area contributed by atoms with Crippen molar-refractivity contribution >= 4 is 5.57 Å². The SMILES string of the molecule is CCCCCC(C)C(C)c1cc(OCc2ccccc2)c(C2=C(C(C)C#N)CCC(CC)C2)c(OCc2ccccc2)c1. The standard InChI is InChI=1S/C40H51NO2/c1-6-8-11-16-29(3)31(5)35-24-38(42-27-33-17-12-9-13-18-33)40(39(25-35)43-28-34-19-14-10-15-20-34)37-23-32(7-2)21-22-36(37)30(4)26-41/h9-10,12-15,17-20,24-25,29-32H,6-8,11,16,21-23,27-28H2,1-5H3. The van der Waals surface area contributed by atoms with Crippen LogP contribution in [0.3, 0.4) is 0 Å². The van der Waals surface area contributed by atoms with Gasteiger partial charge in [0.05, 0.1) is 17.6 Å². The maximum atomic E-state index is 10.0. The summed E-state index contributed by atoms with van der Waals surface area (Å²) in [5, 5.41) is 10.0. The van der Waals surface area contributed by atoms with E-state index in [9.17, 15) is 5.26 Å². The van der Waals surface area contributed by atoms with Crippen molar-refractivity contribution in [3.8, 4) is 17.6 Å². The van der Waals surface area contributed by atoms with Gasteiger partial charge in [-0.2, -0.15) is 5.26 Å². The summed E-state index contributed by atoms with van der Waals surface area (Å²) in [6.07, 6.45) is 9.14. The fourth-order valence-electron chi connectivity index (χ4n) is 6.36. The van der Waals surface area contributed by atoms with Gasteiger partial charge in [-0.25, -0.2) is 0 Å². The first-order valence-corrected chi connectivity index (χ1v) is 16.6. The van der Waals surface area contributed by atoms with Gasteiger partial charge >= 0.3 is 0 Å². The van der Waals surface area contributed by atoms with Crippen LogP contribution < -0.4 is 9.47 Å². The summed E-state index contributed by atoms with van der Waals surface area (Å²) in [5.74, 6) is 3.12. The van der Waals surface area contributed by atoms with Gasteiger partial charge in [0.2, 0.25) is 0 Å². The Morgan fingerprint density at radius 3 is 1.93 bits per heavy atom. The minimum absolute atomic E-state index is 0.144. The summed E-state index contributed by atoms with van der Waals surface area (Å²) in [4.78, 5) is 0. The highest BCUT2D eigenvalue weighted by Crippen LogP contribution is 2.48. The molecule has 3 heteroatoms. The number of unbranched alkanes of at least 4 members (excludes halogenated alkanes) is 2. The van der Waals surface area contributed by atoms with Crippen molar-refractivity contribution in [2.45, 2.75) is 105 Å². The van der Waals surface area contributed by atoms with Gasteiger partial charge in [-0.05, 0) is 83.9 Å². The number of hydrogen-bond acceptors (Lipinski definition) is 3. The molecule has 43 heavy (non-hydrogen) atoms. The summed E-state index contributed by atoms with van der Waals surface area (Å²) in [7, 11) is 0. The van der Waals surface area contributed by atoms with Crippen LogP contribution >= 0.6 is 0 Å². The van der Waals surface area contributed by atoms with Crippen LogP contribution in [-0.2, 0) is 13.2 Å². The van der Waals surface area contributed by atoms with Gasteiger partial charge in [-0.3, -0.25) is 0 Å². The first kappa shape index (κ1) is 32.4. The van der Waals surface area contributed by atoms with E-state index >= 15 is 0 Å². The van der Waals surface area contributed by atoms with Crippen LogP contribution in [0, 0.1) is 29.1 Å². The van der Waals surface area contributed by atoms with E-state index in [2.05, 4.69) is 94.4 Å². The van der Waals surface area contributed by atoms with E-state index in [0.29, 0.717) is 31.0 Å². The predicted octanol–water partition coefficient (Wildman–Crippen LogP) is 11.3. The molecule has 3 aromatic carbocycles. The van der Waals surface area contributed by atoms with Crippen LogP contribution in [0.1, 0.15) is 114 Å². The zero-order valence-electron chi connectivity index (χ0n) is 27.1. The molecule has 1 aliphatic carbocycles. The fraction of sp³-hybridized carbons (Fsp3) is 0.475. The van der Waals surface area contributed by atoms with Gasteiger partial charge < -0.3 is 9.47 Å². The summed E-state index contributed by atoms with van der Waals surface area (Å²) in [6, 6.07) is 27.9. The lowest BCUT2D eigenvalue weighted by Crippen LogP contribution is -2.15. The third-order valence-electron chi connectivity index (χ3n) is 9.50. The molecule has 1 aliphatic rings. The van der Waals surface area contributed by atoms with Gasteiger partial charge in [0.25, 0.3) is 0 Å². The van der Waals surface area contributed by atoms with Crippen molar-refractivity contribution < 1.29 is 9.47 Å². The Kier molecular flexibility index (Phi) is 12.3. The average Bonchev–Trinajstić information content (AvgIpc) is 3.06. The number of hydrogen-bond donors (Lipinski definition) is 0. The number of ether oxygens (including phenoxy) is 2. The first-order chi connectivity index (χ1) is 20.9. The van der Waals surface area contributed by atoms with Crippen molar-refractivity contribution in [1.29, 1.82) is 5.26 Å². The molecular weight excluding hydrogens is 526 g/mol. The Balaban J connectivity index is 1.86. The van der Waals surface area contributed by atoms with E-state index in [4.69, 9.17) is 9.47 Å². The molecule has 0 amide bonds. The summed E-state index contributed by atoms with van der Waals surface area (Å²) in [6.45, 7) is 12.3. The van der Waals surface area contributed by atoms with Gasteiger partial charge in [-0.15, -0.1) is 0 Å². The van der Waals surface area contributed by atoms with Crippen LogP contribution in [0.2, 0.25) is 0 Å². The molecule has 0 bridgehead atoms. The maximum absolute atomic E-state index is 10.0. The number of nitrogens with zero attached hydrogens (tertiary/aromatic N) is 1. The van der Waals surface area contributed by atoms with Gasteiger partial charge in [0, 0.05) is 0 Å². The highest BCUT2D eigenvalue weighted by atomic mass is 16.5. The Morgan fingerprint density at radius 2 is 1.42 bits per heavy atom. The minimum Gasteiger partial charge on any atom is -0.488 e. The zero-order valence-corrected chi connectivity index (χ0v) is 27.1. The van der Waals surface area contributed by atoms with E-state index in [1.807, 2.05) is 19.1 Å². The highest BCUT2D eigenvalue weighted by molar-refractivity contribution is 5.79. The lowest BCUT2D eigenvalue weighted by atomic mass is 9.75. The van der Waals surface area contributed by atoms with Crippen LogP contribution in [-0.4, -0.2) is 0 Å². The van der Waals surface area contributed by atoms with Crippen molar-refractivity contribution in [2.75, 3.05) is 0 Å². The molecule has 4 unspecified atom stereocenters. The minimum atomic E-state index is -0.144. The molecule has 0 aromatic heterocycles. The highest BCUT2D eigenvalue weighted by Gasteiger charge is 2.30. The second kappa shape index (κ2) is 16.4. The first-order valence-electron chi connectivity index (χ1n) is 16.6. The topological polar surface area (TPSA) is 42.2 Å². The van der Waals surface area contributed by atoms with Gasteiger partial charge in [-0.1, -0.05) is 120 Å². The number of rotatable bonds is 15. The Labute approximate surface area is 260 Å². The largest absolute Gasteiger partial charge is 0.488 e. The molecule has 3 aromatic rings. The Morgan fingerprint density at radius 1 is 0.837 bits per heavy atom. The van der Waals surface area contributed by atoms with Crippen LogP contribution in [0.25, 0.3) is 5.57 Å². The Bertz CT molecular complexity index is 1290. The van der Waals surface area contributed by atoms with E-state index in [1.54, 1.807) is 0 Å². The van der Waals surface area contributed by atoms with E-state index in [-0.39, 0.29) is 5.92 Å². The molecule has 0 N–H and O–H groups in total. The van der Waals surface area contributed by atoms with E-state index < -0.39 is 0 Å². The summed E-state index contributed by atoms with van der Waals surface area (Å²) < 4.78 is 13.5. The second-order valence-corrected chi connectivity index (χ2v) is 12.6. The summed E-state index contributed by atoms with van der Waals surface area (Å²) >= 11 is 0. The molecule has 0 spiro atoms. The monoisotopic (exact) mass is 577 g/mol. The third-order valence-corrected chi connectivity index (χ3v) is 9.50. The normalized spacial score (nSPS) is 17.2. The van der Waals surface area contributed by atoms with Crippen molar-refractivity contribution in [3.63, 3.8) is 0 Å². The van der Waals surface area contributed by atoms with E-state index in [1.165, 1.54) is 42.4 Å². The quantitative estimate of drug-likeness (QED) is 0.169. The zero-order chi connectivity index (χ0) is 30.6. The number of allylic oxidation sites excluding steroid dienone is 2. The van der Waals surface area contributed by atoms with E-state index in [0.717, 1.165) is 53.9 Å². The maximum Gasteiger partial charge on any atom is 0.131 e. The van der Waals surface area contributed by atoms with Crippen molar-refractivity contribution in [1.82, 2.24) is 0 Å². The van der Waals surface area contributed by atoms with Crippen LogP contribution in [0.15, 0.2) is 78.4 Å². The van der Waals surface area contributed by atoms with Gasteiger partial charge in [0.15, 0.2) is 0 Å². The van der Waals surface area contributed by atoms with Gasteiger partial charge in [0.1, 0.15) is 24.7 Å².